The first kappa shape index (κ1) is 7.47. The molecule has 1 aliphatic rings. The zero-order valence-electron chi connectivity index (χ0n) is 7.13. The molecule has 1 aromatic carbocycles. The second-order valence-electron chi connectivity index (χ2n) is 3.16. The molecule has 0 aromatic heterocycles. The number of rotatable bonds is 0. The molecule has 0 unspecified atom stereocenters. The predicted octanol–water partition coefficient (Wildman–Crippen LogP) is 2.03. The van der Waals surface area contributed by atoms with E-state index in [1.807, 2.05) is 19.1 Å². The smallest absolute Gasteiger partial charge is 0.126 e. The van der Waals surface area contributed by atoms with Gasteiger partial charge in [0, 0.05) is 5.56 Å². The van der Waals surface area contributed by atoms with Crippen molar-refractivity contribution < 1.29 is 9.84 Å². The molecular weight excluding hydrogens is 152 g/mol. The molecule has 1 aromatic rings. The number of hydrogen-bond donors (Lipinski definition) is 1. The van der Waals surface area contributed by atoms with Crippen LogP contribution in [0.3, 0.4) is 0 Å². The molecule has 0 saturated heterocycles. The molecule has 12 heavy (non-hydrogen) atoms. The Hall–Kier alpha value is -1.18. The maximum absolute atomic E-state index is 9.66. The quantitative estimate of drug-likeness (QED) is 0.635. The molecule has 1 aliphatic heterocycles. The van der Waals surface area contributed by atoms with E-state index in [-0.39, 0.29) is 0 Å². The first-order valence-corrected chi connectivity index (χ1v) is 4.23. The summed E-state index contributed by atoms with van der Waals surface area (Å²) in [5, 5.41) is 9.66. The molecule has 0 saturated carbocycles. The molecule has 0 aliphatic carbocycles. The lowest BCUT2D eigenvalue weighted by atomic mass is 10.0. The highest BCUT2D eigenvalue weighted by atomic mass is 16.5. The molecular formula is C10H12O2. The molecule has 0 fully saturated rings. The zero-order chi connectivity index (χ0) is 8.55. The van der Waals surface area contributed by atoms with Crippen molar-refractivity contribution in [2.75, 3.05) is 6.61 Å². The van der Waals surface area contributed by atoms with Crippen molar-refractivity contribution in [3.63, 3.8) is 0 Å². The fourth-order valence-corrected chi connectivity index (χ4v) is 1.54. The SMILES string of the molecule is Cc1ccc2c(c1O)CCCO2. The molecule has 2 rings (SSSR count). The van der Waals surface area contributed by atoms with Gasteiger partial charge in [0.25, 0.3) is 0 Å². The normalized spacial score (nSPS) is 15.1. The molecule has 0 atom stereocenters. The second kappa shape index (κ2) is 2.70. The molecule has 0 bridgehead atoms. The van der Waals surface area contributed by atoms with Gasteiger partial charge in [0.1, 0.15) is 11.5 Å². The van der Waals surface area contributed by atoms with Gasteiger partial charge in [0.15, 0.2) is 0 Å². The third-order valence-corrected chi connectivity index (χ3v) is 2.27. The Kier molecular flexibility index (Phi) is 1.68. The van der Waals surface area contributed by atoms with Gasteiger partial charge in [-0.15, -0.1) is 0 Å². The summed E-state index contributed by atoms with van der Waals surface area (Å²) in [4.78, 5) is 0. The fraction of sp³-hybridized carbons (Fsp3) is 0.400. The summed E-state index contributed by atoms with van der Waals surface area (Å²) in [6.07, 6.45) is 1.94. The van der Waals surface area contributed by atoms with Crippen LogP contribution in [0.15, 0.2) is 12.1 Å². The summed E-state index contributed by atoms with van der Waals surface area (Å²) in [5.74, 6) is 1.26. The van der Waals surface area contributed by atoms with Crippen molar-refractivity contribution in [1.29, 1.82) is 0 Å². The Morgan fingerprint density at radius 1 is 1.42 bits per heavy atom. The number of aromatic hydroxyl groups is 1. The molecule has 0 amide bonds. The first-order valence-electron chi connectivity index (χ1n) is 4.23. The van der Waals surface area contributed by atoms with Gasteiger partial charge in [-0.2, -0.15) is 0 Å². The third kappa shape index (κ3) is 1.04. The van der Waals surface area contributed by atoms with Gasteiger partial charge in [-0.1, -0.05) is 6.07 Å². The molecule has 1 N–H and O–H groups in total. The molecule has 64 valence electrons. The van der Waals surface area contributed by atoms with Crippen LogP contribution in [0.2, 0.25) is 0 Å². The number of aryl methyl sites for hydroxylation is 1. The lowest BCUT2D eigenvalue weighted by Crippen LogP contribution is -2.08. The van der Waals surface area contributed by atoms with Crippen LogP contribution in [0.25, 0.3) is 0 Å². The summed E-state index contributed by atoms with van der Waals surface area (Å²) < 4.78 is 5.40. The van der Waals surface area contributed by atoms with Crippen molar-refractivity contribution in [2.24, 2.45) is 0 Å². The van der Waals surface area contributed by atoms with E-state index in [1.165, 1.54) is 0 Å². The predicted molar refractivity (Wildman–Crippen MR) is 46.7 cm³/mol. The van der Waals surface area contributed by atoms with Gasteiger partial charge in [-0.05, 0) is 31.4 Å². The molecule has 2 nitrogen and oxygen atoms in total. The van der Waals surface area contributed by atoms with Gasteiger partial charge in [0.05, 0.1) is 6.61 Å². The van der Waals surface area contributed by atoms with Crippen molar-refractivity contribution in [3.8, 4) is 11.5 Å². The monoisotopic (exact) mass is 164 g/mol. The Balaban J connectivity index is 2.54. The zero-order valence-corrected chi connectivity index (χ0v) is 7.13. The molecule has 0 spiro atoms. The summed E-state index contributed by atoms with van der Waals surface area (Å²) in [5.41, 5.74) is 1.90. The largest absolute Gasteiger partial charge is 0.507 e. The summed E-state index contributed by atoms with van der Waals surface area (Å²) in [6.45, 7) is 2.68. The van der Waals surface area contributed by atoms with Gasteiger partial charge >= 0.3 is 0 Å². The minimum atomic E-state index is 0.409. The van der Waals surface area contributed by atoms with Crippen LogP contribution in [0.5, 0.6) is 11.5 Å². The van der Waals surface area contributed by atoms with Crippen LogP contribution >= 0.6 is 0 Å². The van der Waals surface area contributed by atoms with Crippen molar-refractivity contribution in [2.45, 2.75) is 19.8 Å². The van der Waals surface area contributed by atoms with Crippen molar-refractivity contribution in [1.82, 2.24) is 0 Å². The second-order valence-corrected chi connectivity index (χ2v) is 3.16. The average molecular weight is 164 g/mol. The first-order chi connectivity index (χ1) is 5.79. The minimum Gasteiger partial charge on any atom is -0.507 e. The lowest BCUT2D eigenvalue weighted by Gasteiger charge is -2.18. The van der Waals surface area contributed by atoms with Crippen LogP contribution in [-0.2, 0) is 6.42 Å². The van der Waals surface area contributed by atoms with Crippen LogP contribution in [0.4, 0.5) is 0 Å². The number of fused-ring (bicyclic) bond motifs is 1. The number of phenolic OH excluding ortho intramolecular Hbond substituents is 1. The Morgan fingerprint density at radius 2 is 2.25 bits per heavy atom. The highest BCUT2D eigenvalue weighted by Gasteiger charge is 2.14. The van der Waals surface area contributed by atoms with E-state index in [1.54, 1.807) is 0 Å². The highest BCUT2D eigenvalue weighted by Crippen LogP contribution is 2.34. The Bertz CT molecular complexity index is 305. The number of hydrogen-bond acceptors (Lipinski definition) is 2. The van der Waals surface area contributed by atoms with Crippen LogP contribution < -0.4 is 4.74 Å². The van der Waals surface area contributed by atoms with Crippen LogP contribution in [0, 0.1) is 6.92 Å². The fourth-order valence-electron chi connectivity index (χ4n) is 1.54. The topological polar surface area (TPSA) is 29.5 Å². The highest BCUT2D eigenvalue weighted by molar-refractivity contribution is 5.49. The van der Waals surface area contributed by atoms with Crippen LogP contribution in [0.1, 0.15) is 17.5 Å². The van der Waals surface area contributed by atoms with Gasteiger partial charge in [-0.3, -0.25) is 0 Å². The third-order valence-electron chi connectivity index (χ3n) is 2.27. The van der Waals surface area contributed by atoms with Gasteiger partial charge in [0.2, 0.25) is 0 Å². The lowest BCUT2D eigenvalue weighted by molar-refractivity contribution is 0.283. The van der Waals surface area contributed by atoms with E-state index >= 15 is 0 Å². The Morgan fingerprint density at radius 3 is 3.08 bits per heavy atom. The maximum atomic E-state index is 9.66. The van der Waals surface area contributed by atoms with Crippen molar-refractivity contribution in [3.05, 3.63) is 23.3 Å². The van der Waals surface area contributed by atoms with Crippen molar-refractivity contribution >= 4 is 0 Å². The van der Waals surface area contributed by atoms with E-state index in [4.69, 9.17) is 4.74 Å². The number of benzene rings is 1. The number of phenols is 1. The summed E-state index contributed by atoms with van der Waals surface area (Å²) in [7, 11) is 0. The Labute approximate surface area is 71.8 Å². The molecule has 0 radical (unpaired) electrons. The van der Waals surface area contributed by atoms with E-state index in [0.717, 1.165) is 36.3 Å². The van der Waals surface area contributed by atoms with Crippen LogP contribution in [-0.4, -0.2) is 11.7 Å². The van der Waals surface area contributed by atoms with E-state index in [2.05, 4.69) is 0 Å². The van der Waals surface area contributed by atoms with E-state index in [0.29, 0.717) is 5.75 Å². The van der Waals surface area contributed by atoms with E-state index < -0.39 is 0 Å². The number of ether oxygens (including phenoxy) is 1. The molecule has 2 heteroatoms. The standard InChI is InChI=1S/C10H12O2/c1-7-4-5-9-8(10(7)11)3-2-6-12-9/h4-5,11H,2-3,6H2,1H3. The minimum absolute atomic E-state index is 0.409. The average Bonchev–Trinajstić information content (AvgIpc) is 2.12. The summed E-state index contributed by atoms with van der Waals surface area (Å²) >= 11 is 0. The van der Waals surface area contributed by atoms with E-state index in [9.17, 15) is 5.11 Å². The maximum Gasteiger partial charge on any atom is 0.126 e. The summed E-state index contributed by atoms with van der Waals surface area (Å²) in [6, 6.07) is 3.82. The van der Waals surface area contributed by atoms with Gasteiger partial charge < -0.3 is 9.84 Å². The molecule has 1 heterocycles. The van der Waals surface area contributed by atoms with Gasteiger partial charge in [-0.25, -0.2) is 0 Å².